The van der Waals surface area contributed by atoms with Crippen molar-refractivity contribution in [2.24, 2.45) is 0 Å². The molecule has 3 aromatic heterocycles. The molecule has 3 nitrogen and oxygen atoms in total. The van der Waals surface area contributed by atoms with Gasteiger partial charge in [0.05, 0.1) is 5.02 Å². The Morgan fingerprint density at radius 1 is 1.18 bits per heavy atom. The Hall–Kier alpha value is -1.94. The number of nitrogens with zero attached hydrogens (tertiary/aromatic N) is 2. The molecule has 3 rings (SSSR count). The van der Waals surface area contributed by atoms with E-state index in [1.807, 2.05) is 0 Å². The summed E-state index contributed by atoms with van der Waals surface area (Å²) in [4.78, 5) is 11.1. The summed E-state index contributed by atoms with van der Waals surface area (Å²) in [7, 11) is 0. The van der Waals surface area contributed by atoms with E-state index in [1.165, 1.54) is 6.07 Å². The Morgan fingerprint density at radius 3 is 2.88 bits per heavy atom. The largest absolute Gasteiger partial charge is 0.345 e. The monoisotopic (exact) mass is 247 g/mol. The summed E-state index contributed by atoms with van der Waals surface area (Å²) in [6.07, 6.45) is 4.80. The van der Waals surface area contributed by atoms with Crippen LogP contribution in [0.1, 0.15) is 0 Å². The van der Waals surface area contributed by atoms with Crippen LogP contribution in [-0.2, 0) is 0 Å². The van der Waals surface area contributed by atoms with Gasteiger partial charge in [-0.2, -0.15) is 0 Å². The summed E-state index contributed by atoms with van der Waals surface area (Å²) < 4.78 is 13.7. The van der Waals surface area contributed by atoms with Gasteiger partial charge >= 0.3 is 0 Å². The van der Waals surface area contributed by atoms with Gasteiger partial charge in [0.15, 0.2) is 0 Å². The standard InChI is InChI=1S/C12H7ClFN3/c13-8-3-5-16-12-10(8)7(6-17-12)11-9(14)2-1-4-15-11/h1-6H,(H,16,17). The lowest BCUT2D eigenvalue weighted by atomic mass is 10.1. The highest BCUT2D eigenvalue weighted by Gasteiger charge is 2.14. The van der Waals surface area contributed by atoms with Crippen molar-refractivity contribution in [2.75, 3.05) is 0 Å². The van der Waals surface area contributed by atoms with Crippen molar-refractivity contribution in [3.63, 3.8) is 0 Å². The normalized spacial score (nSPS) is 10.9. The molecular weight excluding hydrogens is 241 g/mol. The molecule has 84 valence electrons. The van der Waals surface area contributed by atoms with Gasteiger partial charge in [0.1, 0.15) is 17.2 Å². The maximum atomic E-state index is 13.7. The van der Waals surface area contributed by atoms with Gasteiger partial charge in [-0.25, -0.2) is 9.37 Å². The molecule has 0 unspecified atom stereocenters. The average Bonchev–Trinajstić information content (AvgIpc) is 2.75. The number of H-pyrrole nitrogens is 1. The summed E-state index contributed by atoms with van der Waals surface area (Å²) in [6.45, 7) is 0. The second-order valence-corrected chi connectivity index (χ2v) is 3.96. The van der Waals surface area contributed by atoms with E-state index in [9.17, 15) is 4.39 Å². The first kappa shape index (κ1) is 10.2. The summed E-state index contributed by atoms with van der Waals surface area (Å²) in [6, 6.07) is 4.58. The highest BCUT2D eigenvalue weighted by Crippen LogP contribution is 2.32. The van der Waals surface area contributed by atoms with Gasteiger partial charge in [0.25, 0.3) is 0 Å². The average molecular weight is 248 g/mol. The third-order valence-corrected chi connectivity index (χ3v) is 2.85. The molecule has 0 amide bonds. The van der Waals surface area contributed by atoms with Crippen LogP contribution in [0.25, 0.3) is 22.3 Å². The summed E-state index contributed by atoms with van der Waals surface area (Å²) >= 11 is 6.10. The van der Waals surface area contributed by atoms with E-state index < -0.39 is 0 Å². The number of hydrogen-bond donors (Lipinski definition) is 1. The molecule has 3 aromatic rings. The molecule has 3 heterocycles. The fraction of sp³-hybridized carbons (Fsp3) is 0. The number of aromatic amines is 1. The van der Waals surface area contributed by atoms with Gasteiger partial charge in [-0.1, -0.05) is 11.6 Å². The maximum Gasteiger partial charge on any atom is 0.149 e. The first-order valence-electron chi connectivity index (χ1n) is 5.00. The van der Waals surface area contributed by atoms with E-state index in [2.05, 4.69) is 15.0 Å². The Kier molecular flexibility index (Phi) is 2.30. The molecule has 0 aliphatic rings. The number of halogens is 2. The molecule has 0 saturated carbocycles. The van der Waals surface area contributed by atoms with E-state index in [4.69, 9.17) is 11.6 Å². The van der Waals surface area contributed by atoms with Gasteiger partial charge in [-0.15, -0.1) is 0 Å². The lowest BCUT2D eigenvalue weighted by molar-refractivity contribution is 0.626. The molecule has 17 heavy (non-hydrogen) atoms. The topological polar surface area (TPSA) is 41.6 Å². The molecule has 1 N–H and O–H groups in total. The Labute approximate surface area is 101 Å². The quantitative estimate of drug-likeness (QED) is 0.716. The van der Waals surface area contributed by atoms with Crippen molar-refractivity contribution >= 4 is 22.6 Å². The van der Waals surface area contributed by atoms with Crippen molar-refractivity contribution < 1.29 is 4.39 Å². The van der Waals surface area contributed by atoms with Crippen LogP contribution in [0.4, 0.5) is 4.39 Å². The number of fused-ring (bicyclic) bond motifs is 1. The molecule has 0 aliphatic carbocycles. The molecule has 0 radical (unpaired) electrons. The smallest absolute Gasteiger partial charge is 0.149 e. The number of pyridine rings is 2. The zero-order chi connectivity index (χ0) is 11.8. The van der Waals surface area contributed by atoms with Crippen LogP contribution >= 0.6 is 11.6 Å². The second-order valence-electron chi connectivity index (χ2n) is 3.55. The van der Waals surface area contributed by atoms with Crippen LogP contribution in [0.2, 0.25) is 5.02 Å². The van der Waals surface area contributed by atoms with E-state index >= 15 is 0 Å². The Balaban J connectivity index is 2.36. The molecule has 0 saturated heterocycles. The molecule has 0 spiro atoms. The first-order valence-corrected chi connectivity index (χ1v) is 5.37. The Morgan fingerprint density at radius 2 is 2.06 bits per heavy atom. The lowest BCUT2D eigenvalue weighted by Crippen LogP contribution is -1.87. The minimum Gasteiger partial charge on any atom is -0.345 e. The lowest BCUT2D eigenvalue weighted by Gasteiger charge is -2.00. The van der Waals surface area contributed by atoms with Crippen molar-refractivity contribution in [3.05, 3.63) is 47.6 Å². The molecule has 0 bridgehead atoms. The van der Waals surface area contributed by atoms with Crippen molar-refractivity contribution in [1.82, 2.24) is 15.0 Å². The number of rotatable bonds is 1. The van der Waals surface area contributed by atoms with Gasteiger partial charge in [0, 0.05) is 29.5 Å². The third-order valence-electron chi connectivity index (χ3n) is 2.54. The zero-order valence-corrected chi connectivity index (χ0v) is 9.37. The highest BCUT2D eigenvalue weighted by atomic mass is 35.5. The minimum atomic E-state index is -0.381. The first-order chi connectivity index (χ1) is 8.27. The molecule has 5 heteroatoms. The van der Waals surface area contributed by atoms with Crippen molar-refractivity contribution in [3.8, 4) is 11.3 Å². The number of nitrogens with one attached hydrogen (secondary N) is 1. The van der Waals surface area contributed by atoms with E-state index in [0.717, 1.165) is 0 Å². The second kappa shape index (κ2) is 3.82. The zero-order valence-electron chi connectivity index (χ0n) is 8.61. The third kappa shape index (κ3) is 1.57. The maximum absolute atomic E-state index is 13.7. The fourth-order valence-corrected chi connectivity index (χ4v) is 2.03. The van der Waals surface area contributed by atoms with Crippen LogP contribution in [0.5, 0.6) is 0 Å². The summed E-state index contributed by atoms with van der Waals surface area (Å²) in [5.74, 6) is -0.381. The van der Waals surface area contributed by atoms with Gasteiger partial charge in [-0.3, -0.25) is 4.98 Å². The van der Waals surface area contributed by atoms with Gasteiger partial charge in [0.2, 0.25) is 0 Å². The fourth-order valence-electron chi connectivity index (χ4n) is 1.79. The van der Waals surface area contributed by atoms with Crippen LogP contribution in [-0.4, -0.2) is 15.0 Å². The predicted octanol–water partition coefficient (Wildman–Crippen LogP) is 3.42. The van der Waals surface area contributed by atoms with Crippen LogP contribution in [0.3, 0.4) is 0 Å². The molecular formula is C12H7ClFN3. The SMILES string of the molecule is Fc1cccnc1-c1c[nH]c2nccc(Cl)c12. The number of hydrogen-bond acceptors (Lipinski definition) is 2. The molecule has 0 atom stereocenters. The number of aromatic nitrogens is 3. The highest BCUT2D eigenvalue weighted by molar-refractivity contribution is 6.36. The summed E-state index contributed by atoms with van der Waals surface area (Å²) in [5, 5.41) is 1.21. The van der Waals surface area contributed by atoms with Crippen molar-refractivity contribution in [2.45, 2.75) is 0 Å². The predicted molar refractivity (Wildman–Crippen MR) is 64.3 cm³/mol. The minimum absolute atomic E-state index is 0.272. The van der Waals surface area contributed by atoms with Crippen molar-refractivity contribution in [1.29, 1.82) is 0 Å². The van der Waals surface area contributed by atoms with Gasteiger partial charge in [-0.05, 0) is 18.2 Å². The van der Waals surface area contributed by atoms with E-state index in [0.29, 0.717) is 21.6 Å². The van der Waals surface area contributed by atoms with Crippen LogP contribution in [0.15, 0.2) is 36.8 Å². The van der Waals surface area contributed by atoms with E-state index in [1.54, 1.807) is 30.7 Å². The van der Waals surface area contributed by atoms with Crippen LogP contribution in [0, 0.1) is 5.82 Å². The molecule has 0 aromatic carbocycles. The summed E-state index contributed by atoms with van der Waals surface area (Å²) in [5.41, 5.74) is 1.52. The molecule has 0 aliphatic heterocycles. The van der Waals surface area contributed by atoms with E-state index in [-0.39, 0.29) is 11.5 Å². The molecule has 0 fully saturated rings. The van der Waals surface area contributed by atoms with Gasteiger partial charge < -0.3 is 4.98 Å². The Bertz CT molecular complexity index is 693. The van der Waals surface area contributed by atoms with Crippen LogP contribution < -0.4 is 0 Å².